The van der Waals surface area contributed by atoms with E-state index in [1.54, 1.807) is 0 Å². The van der Waals surface area contributed by atoms with Crippen LogP contribution in [0, 0.1) is 6.92 Å². The summed E-state index contributed by atoms with van der Waals surface area (Å²) in [5.41, 5.74) is 3.63. The lowest BCUT2D eigenvalue weighted by molar-refractivity contribution is 0.122. The van der Waals surface area contributed by atoms with E-state index in [4.69, 9.17) is 11.6 Å². The molecule has 1 aliphatic carbocycles. The van der Waals surface area contributed by atoms with Crippen LogP contribution in [0.15, 0.2) is 24.4 Å². The average Bonchev–Trinajstić information content (AvgIpc) is 2.64. The molecule has 0 saturated heterocycles. The van der Waals surface area contributed by atoms with Crippen molar-refractivity contribution < 1.29 is 5.11 Å². The Morgan fingerprint density at radius 3 is 2.67 bits per heavy atom. The Bertz CT molecular complexity index is 567. The zero-order valence-electron chi connectivity index (χ0n) is 10.6. The summed E-state index contributed by atoms with van der Waals surface area (Å²) >= 11 is 6.42. The standard InChI is InChI=1S/C15H18ClNO/c1-10-14(16)13-4-2-3-9-17(13)15(10)11-5-7-12(18)8-6-11/h2-4,9,11-12,18H,5-8H2,1H3. The maximum absolute atomic E-state index is 9.63. The van der Waals surface area contributed by atoms with Crippen molar-refractivity contribution in [3.05, 3.63) is 40.7 Å². The highest BCUT2D eigenvalue weighted by atomic mass is 35.5. The number of rotatable bonds is 1. The van der Waals surface area contributed by atoms with Gasteiger partial charge in [-0.05, 0) is 50.3 Å². The number of nitrogens with zero attached hydrogens (tertiary/aromatic N) is 1. The van der Waals surface area contributed by atoms with Crippen LogP contribution < -0.4 is 0 Å². The normalized spacial score (nSPS) is 24.6. The molecule has 0 atom stereocenters. The van der Waals surface area contributed by atoms with E-state index in [1.165, 1.54) is 11.3 Å². The molecule has 1 saturated carbocycles. The Kier molecular flexibility index (Phi) is 3.08. The highest BCUT2D eigenvalue weighted by Gasteiger charge is 2.26. The number of aliphatic hydroxyl groups excluding tert-OH is 1. The summed E-state index contributed by atoms with van der Waals surface area (Å²) in [6.45, 7) is 2.11. The molecule has 3 rings (SSSR count). The molecule has 2 heterocycles. The molecule has 18 heavy (non-hydrogen) atoms. The van der Waals surface area contributed by atoms with Crippen molar-refractivity contribution in [3.8, 4) is 0 Å². The van der Waals surface area contributed by atoms with Crippen molar-refractivity contribution in [1.29, 1.82) is 0 Å². The van der Waals surface area contributed by atoms with E-state index in [2.05, 4.69) is 23.6 Å². The Hall–Kier alpha value is -0.990. The molecule has 1 N–H and O–H groups in total. The molecule has 0 unspecified atom stereocenters. The predicted molar refractivity (Wildman–Crippen MR) is 74.4 cm³/mol. The molecular formula is C15H18ClNO. The van der Waals surface area contributed by atoms with Crippen LogP contribution in [-0.4, -0.2) is 15.6 Å². The molecule has 0 spiro atoms. The lowest BCUT2D eigenvalue weighted by Crippen LogP contribution is -2.18. The van der Waals surface area contributed by atoms with Gasteiger partial charge in [0.05, 0.1) is 16.6 Å². The summed E-state index contributed by atoms with van der Waals surface area (Å²) < 4.78 is 2.22. The summed E-state index contributed by atoms with van der Waals surface area (Å²) in [5.74, 6) is 0.524. The SMILES string of the molecule is Cc1c(Cl)c2ccccn2c1C1CCC(O)CC1. The van der Waals surface area contributed by atoms with Crippen molar-refractivity contribution in [2.75, 3.05) is 0 Å². The van der Waals surface area contributed by atoms with Gasteiger partial charge in [-0.2, -0.15) is 0 Å². The number of fused-ring (bicyclic) bond motifs is 1. The van der Waals surface area contributed by atoms with Gasteiger partial charge in [0.1, 0.15) is 0 Å². The first kappa shape index (κ1) is 12.1. The molecule has 1 aliphatic rings. The largest absolute Gasteiger partial charge is 0.393 e. The first-order valence-electron chi connectivity index (χ1n) is 6.61. The third-order valence-electron chi connectivity index (χ3n) is 4.14. The molecule has 0 aromatic carbocycles. The molecule has 1 fully saturated rings. The molecule has 0 amide bonds. The predicted octanol–water partition coefficient (Wildman–Crippen LogP) is 3.92. The zero-order chi connectivity index (χ0) is 12.7. The summed E-state index contributed by atoms with van der Waals surface area (Å²) in [6, 6.07) is 6.13. The molecule has 0 radical (unpaired) electrons. The van der Waals surface area contributed by atoms with E-state index in [9.17, 15) is 5.11 Å². The number of hydrogen-bond acceptors (Lipinski definition) is 1. The second-order valence-electron chi connectivity index (χ2n) is 5.29. The van der Waals surface area contributed by atoms with Crippen molar-refractivity contribution in [2.24, 2.45) is 0 Å². The maximum Gasteiger partial charge on any atom is 0.0693 e. The van der Waals surface area contributed by atoms with Gasteiger partial charge in [0.25, 0.3) is 0 Å². The Morgan fingerprint density at radius 2 is 1.94 bits per heavy atom. The quantitative estimate of drug-likeness (QED) is 0.829. The molecule has 0 bridgehead atoms. The second kappa shape index (κ2) is 4.60. The fraction of sp³-hybridized carbons (Fsp3) is 0.467. The molecule has 2 aromatic rings. The van der Waals surface area contributed by atoms with Gasteiger partial charge in [-0.1, -0.05) is 17.7 Å². The molecular weight excluding hydrogens is 246 g/mol. The van der Waals surface area contributed by atoms with E-state index in [1.807, 2.05) is 12.1 Å². The van der Waals surface area contributed by atoms with Gasteiger partial charge in [0.15, 0.2) is 0 Å². The number of halogens is 1. The van der Waals surface area contributed by atoms with Crippen LogP contribution in [0.5, 0.6) is 0 Å². The van der Waals surface area contributed by atoms with Crippen LogP contribution in [0.1, 0.15) is 42.9 Å². The fourth-order valence-electron chi connectivity index (χ4n) is 3.17. The van der Waals surface area contributed by atoms with Gasteiger partial charge >= 0.3 is 0 Å². The monoisotopic (exact) mass is 263 g/mol. The first-order valence-corrected chi connectivity index (χ1v) is 6.99. The summed E-state index contributed by atoms with van der Waals surface area (Å²) in [5, 5.41) is 10.5. The minimum atomic E-state index is -0.108. The van der Waals surface area contributed by atoms with E-state index < -0.39 is 0 Å². The highest BCUT2D eigenvalue weighted by molar-refractivity contribution is 6.34. The van der Waals surface area contributed by atoms with Crippen LogP contribution in [0.25, 0.3) is 5.52 Å². The molecule has 2 nitrogen and oxygen atoms in total. The average molecular weight is 264 g/mol. The summed E-state index contributed by atoms with van der Waals surface area (Å²) in [6.07, 6.45) is 5.90. The van der Waals surface area contributed by atoms with Crippen LogP contribution >= 0.6 is 11.6 Å². The Morgan fingerprint density at radius 1 is 1.22 bits per heavy atom. The molecule has 2 aromatic heterocycles. The summed E-state index contributed by atoms with van der Waals surface area (Å²) in [7, 11) is 0. The van der Waals surface area contributed by atoms with Gasteiger partial charge in [-0.25, -0.2) is 0 Å². The smallest absolute Gasteiger partial charge is 0.0693 e. The lowest BCUT2D eigenvalue weighted by atomic mass is 9.84. The van der Waals surface area contributed by atoms with Crippen LogP contribution in [-0.2, 0) is 0 Å². The van der Waals surface area contributed by atoms with Gasteiger partial charge in [-0.3, -0.25) is 0 Å². The van der Waals surface area contributed by atoms with Crippen molar-refractivity contribution in [2.45, 2.75) is 44.6 Å². The third-order valence-corrected chi connectivity index (χ3v) is 4.62. The Labute approximate surface area is 112 Å². The van der Waals surface area contributed by atoms with Crippen LogP contribution in [0.2, 0.25) is 5.02 Å². The van der Waals surface area contributed by atoms with E-state index in [0.29, 0.717) is 5.92 Å². The van der Waals surface area contributed by atoms with E-state index in [-0.39, 0.29) is 6.10 Å². The van der Waals surface area contributed by atoms with Crippen molar-refractivity contribution in [1.82, 2.24) is 4.40 Å². The molecule has 96 valence electrons. The first-order chi connectivity index (χ1) is 8.68. The molecule has 0 aliphatic heterocycles. The van der Waals surface area contributed by atoms with Gasteiger partial charge in [-0.15, -0.1) is 0 Å². The number of pyridine rings is 1. The minimum absolute atomic E-state index is 0.108. The number of aliphatic hydroxyl groups is 1. The van der Waals surface area contributed by atoms with Crippen molar-refractivity contribution in [3.63, 3.8) is 0 Å². The molecule has 3 heteroatoms. The van der Waals surface area contributed by atoms with Gasteiger partial charge in [0.2, 0.25) is 0 Å². The number of hydrogen-bond donors (Lipinski definition) is 1. The zero-order valence-corrected chi connectivity index (χ0v) is 11.3. The minimum Gasteiger partial charge on any atom is -0.393 e. The third kappa shape index (κ3) is 1.84. The van der Waals surface area contributed by atoms with Crippen LogP contribution in [0.4, 0.5) is 0 Å². The topological polar surface area (TPSA) is 24.6 Å². The second-order valence-corrected chi connectivity index (χ2v) is 5.66. The van der Waals surface area contributed by atoms with Gasteiger partial charge in [0, 0.05) is 17.8 Å². The Balaban J connectivity index is 2.08. The summed E-state index contributed by atoms with van der Waals surface area (Å²) in [4.78, 5) is 0. The van der Waals surface area contributed by atoms with E-state index >= 15 is 0 Å². The fourth-order valence-corrected chi connectivity index (χ4v) is 3.42. The van der Waals surface area contributed by atoms with Crippen LogP contribution in [0.3, 0.4) is 0 Å². The van der Waals surface area contributed by atoms with Gasteiger partial charge < -0.3 is 9.51 Å². The number of aromatic nitrogens is 1. The van der Waals surface area contributed by atoms with E-state index in [0.717, 1.165) is 36.2 Å². The lowest BCUT2D eigenvalue weighted by Gasteiger charge is -2.26. The maximum atomic E-state index is 9.63. The van der Waals surface area contributed by atoms with Crippen molar-refractivity contribution >= 4 is 17.1 Å². The highest BCUT2D eigenvalue weighted by Crippen LogP contribution is 2.39.